The minimum atomic E-state index is -0.304. The van der Waals surface area contributed by atoms with Crippen molar-refractivity contribution in [1.82, 2.24) is 0 Å². The Morgan fingerprint density at radius 3 is 1.55 bits per heavy atom. The van der Waals surface area contributed by atoms with Gasteiger partial charge in [0.2, 0.25) is 0 Å². The first-order chi connectivity index (χ1) is 14.1. The molecule has 3 heteroatoms. The number of carbonyl (C=O) groups is 1. The summed E-state index contributed by atoms with van der Waals surface area (Å²) < 4.78 is 26.5. The molecule has 0 amide bonds. The van der Waals surface area contributed by atoms with E-state index in [-0.39, 0.29) is 23.3 Å². The van der Waals surface area contributed by atoms with Gasteiger partial charge in [-0.15, -0.1) is 0 Å². The predicted octanol–water partition coefficient (Wildman–Crippen LogP) is 6.58. The van der Waals surface area contributed by atoms with Gasteiger partial charge in [0.1, 0.15) is 11.6 Å². The Balaban J connectivity index is 1.73. The average Bonchev–Trinajstić information content (AvgIpc) is 2.74. The topological polar surface area (TPSA) is 17.1 Å². The number of allylic oxidation sites excluding steroid dienone is 2. The Bertz CT molecular complexity index is 994. The van der Waals surface area contributed by atoms with Gasteiger partial charge >= 0.3 is 0 Å². The summed E-state index contributed by atoms with van der Waals surface area (Å²) in [4.78, 5) is 13.2. The molecule has 1 unspecified atom stereocenters. The van der Waals surface area contributed by atoms with E-state index in [4.69, 9.17) is 0 Å². The second-order valence-corrected chi connectivity index (χ2v) is 7.29. The highest BCUT2D eigenvalue weighted by molar-refractivity contribution is 6.14. The van der Waals surface area contributed by atoms with Gasteiger partial charge in [0.15, 0.2) is 5.78 Å². The van der Waals surface area contributed by atoms with Gasteiger partial charge in [0.05, 0.1) is 0 Å². The number of carbonyl (C=O) groups excluding carboxylic acids is 1. The van der Waals surface area contributed by atoms with Gasteiger partial charge in [-0.25, -0.2) is 8.78 Å². The van der Waals surface area contributed by atoms with Crippen LogP contribution in [0.15, 0.2) is 90.0 Å². The maximum Gasteiger partial charge on any atom is 0.185 e. The van der Waals surface area contributed by atoms with Crippen molar-refractivity contribution in [2.75, 3.05) is 0 Å². The van der Waals surface area contributed by atoms with Gasteiger partial charge in [0, 0.05) is 11.1 Å². The first kappa shape index (κ1) is 19.0. The molecule has 0 saturated heterocycles. The molecule has 0 spiro atoms. The molecular weight excluding hydrogens is 366 g/mol. The molecule has 29 heavy (non-hydrogen) atoms. The summed E-state index contributed by atoms with van der Waals surface area (Å²) >= 11 is 0. The summed E-state index contributed by atoms with van der Waals surface area (Å²) in [7, 11) is 0. The van der Waals surface area contributed by atoms with E-state index in [1.165, 1.54) is 29.8 Å². The van der Waals surface area contributed by atoms with E-state index in [9.17, 15) is 13.6 Å². The van der Waals surface area contributed by atoms with Crippen molar-refractivity contribution in [3.8, 4) is 0 Å². The van der Waals surface area contributed by atoms with Gasteiger partial charge in [0.25, 0.3) is 0 Å². The second-order valence-electron chi connectivity index (χ2n) is 7.29. The molecule has 1 nitrogen and oxygen atoms in total. The standard InChI is InChI=1S/C26H20F2O/c27-24-10-6-18(7-11-24)14-22-16-21(20-4-2-1-3-5-20)17-23(26(22)29)15-19-8-12-25(28)13-9-19/h1-15,21H,16-17H2/b22-14-,23-15+. The third-order valence-corrected chi connectivity index (χ3v) is 5.21. The Labute approximate surface area is 169 Å². The minimum Gasteiger partial charge on any atom is -0.289 e. The van der Waals surface area contributed by atoms with Gasteiger partial charge < -0.3 is 0 Å². The zero-order valence-corrected chi connectivity index (χ0v) is 15.8. The summed E-state index contributed by atoms with van der Waals surface area (Å²) in [6, 6.07) is 22.4. The fourth-order valence-corrected chi connectivity index (χ4v) is 3.72. The van der Waals surface area contributed by atoms with Crippen molar-refractivity contribution < 1.29 is 13.6 Å². The van der Waals surface area contributed by atoms with Crippen LogP contribution in [-0.2, 0) is 4.79 Å². The molecule has 1 fully saturated rings. The third kappa shape index (κ3) is 4.57. The number of Topliss-reactive ketones (excluding diaryl/α,β-unsaturated/α-hetero) is 1. The first-order valence-corrected chi connectivity index (χ1v) is 9.60. The third-order valence-electron chi connectivity index (χ3n) is 5.21. The highest BCUT2D eigenvalue weighted by Gasteiger charge is 2.28. The fraction of sp³-hybridized carbons (Fsp3) is 0.115. The van der Waals surface area contributed by atoms with E-state index < -0.39 is 0 Å². The van der Waals surface area contributed by atoms with Crippen LogP contribution < -0.4 is 0 Å². The number of hydrogen-bond donors (Lipinski definition) is 0. The molecule has 0 radical (unpaired) electrons. The maximum absolute atomic E-state index is 13.2. The zero-order chi connectivity index (χ0) is 20.2. The molecule has 0 N–H and O–H groups in total. The van der Waals surface area contributed by atoms with Gasteiger partial charge in [-0.2, -0.15) is 0 Å². The Morgan fingerprint density at radius 2 is 1.10 bits per heavy atom. The smallest absolute Gasteiger partial charge is 0.185 e. The molecule has 3 aromatic carbocycles. The summed E-state index contributed by atoms with van der Waals surface area (Å²) in [5, 5.41) is 0. The number of benzene rings is 3. The molecule has 1 saturated carbocycles. The van der Waals surface area contributed by atoms with Crippen molar-refractivity contribution in [1.29, 1.82) is 0 Å². The van der Waals surface area contributed by atoms with Crippen LogP contribution in [0.5, 0.6) is 0 Å². The van der Waals surface area contributed by atoms with Gasteiger partial charge in [-0.05, 0) is 71.9 Å². The normalized spacial score (nSPS) is 19.7. The quantitative estimate of drug-likeness (QED) is 0.465. The molecule has 1 atom stereocenters. The van der Waals surface area contributed by atoms with Crippen molar-refractivity contribution in [2.24, 2.45) is 0 Å². The van der Waals surface area contributed by atoms with Crippen molar-refractivity contribution >= 4 is 17.9 Å². The predicted molar refractivity (Wildman–Crippen MR) is 112 cm³/mol. The van der Waals surface area contributed by atoms with Crippen LogP contribution in [0.3, 0.4) is 0 Å². The van der Waals surface area contributed by atoms with Crippen LogP contribution in [0.1, 0.15) is 35.4 Å². The molecule has 144 valence electrons. The van der Waals surface area contributed by atoms with E-state index in [1.807, 2.05) is 30.4 Å². The molecule has 4 rings (SSSR count). The van der Waals surface area contributed by atoms with E-state index in [1.54, 1.807) is 24.3 Å². The first-order valence-electron chi connectivity index (χ1n) is 9.60. The van der Waals surface area contributed by atoms with Crippen molar-refractivity contribution in [3.63, 3.8) is 0 Å². The average molecular weight is 386 g/mol. The summed E-state index contributed by atoms with van der Waals surface area (Å²) in [6.45, 7) is 0. The lowest BCUT2D eigenvalue weighted by molar-refractivity contribution is -0.113. The van der Waals surface area contributed by atoms with Crippen LogP contribution in [0, 0.1) is 11.6 Å². The number of halogens is 2. The lowest BCUT2D eigenvalue weighted by Crippen LogP contribution is -2.19. The minimum absolute atomic E-state index is 0.00849. The lowest BCUT2D eigenvalue weighted by Gasteiger charge is -2.26. The molecular formula is C26H20F2O. The summed E-state index contributed by atoms with van der Waals surface area (Å²) in [5.74, 6) is -0.444. The molecule has 1 aliphatic rings. The van der Waals surface area contributed by atoms with Crippen molar-refractivity contribution in [3.05, 3.63) is 118 Å². The van der Waals surface area contributed by atoms with E-state index in [2.05, 4.69) is 12.1 Å². The number of hydrogen-bond acceptors (Lipinski definition) is 1. The van der Waals surface area contributed by atoms with Crippen molar-refractivity contribution in [2.45, 2.75) is 18.8 Å². The van der Waals surface area contributed by atoms with Crippen LogP contribution in [0.25, 0.3) is 12.2 Å². The molecule has 1 aliphatic carbocycles. The highest BCUT2D eigenvalue weighted by Crippen LogP contribution is 2.38. The van der Waals surface area contributed by atoms with E-state index in [0.29, 0.717) is 24.0 Å². The maximum atomic E-state index is 13.2. The Morgan fingerprint density at radius 1 is 0.655 bits per heavy atom. The second kappa shape index (κ2) is 8.36. The van der Waals surface area contributed by atoms with Crippen LogP contribution >= 0.6 is 0 Å². The molecule has 0 heterocycles. The largest absolute Gasteiger partial charge is 0.289 e. The summed E-state index contributed by atoms with van der Waals surface area (Å²) in [5.41, 5.74) is 4.17. The van der Waals surface area contributed by atoms with Crippen LogP contribution in [0.2, 0.25) is 0 Å². The molecule has 0 aliphatic heterocycles. The van der Waals surface area contributed by atoms with E-state index in [0.717, 1.165) is 11.1 Å². The molecule has 0 bridgehead atoms. The van der Waals surface area contributed by atoms with E-state index >= 15 is 0 Å². The molecule has 0 aromatic heterocycles. The summed E-state index contributed by atoms with van der Waals surface area (Å²) in [6.07, 6.45) is 4.94. The molecule has 3 aromatic rings. The van der Waals surface area contributed by atoms with Gasteiger partial charge in [-0.1, -0.05) is 54.6 Å². The fourth-order valence-electron chi connectivity index (χ4n) is 3.72. The van der Waals surface area contributed by atoms with Gasteiger partial charge in [-0.3, -0.25) is 4.79 Å². The SMILES string of the molecule is O=C1/C(=C\c2ccc(F)cc2)CC(c2ccccc2)C/C1=C\c1ccc(F)cc1. The number of rotatable bonds is 3. The lowest BCUT2D eigenvalue weighted by atomic mass is 9.77. The number of ketones is 1. The highest BCUT2D eigenvalue weighted by atomic mass is 19.1. The monoisotopic (exact) mass is 386 g/mol. The van der Waals surface area contributed by atoms with Crippen LogP contribution in [0.4, 0.5) is 8.78 Å². The Kier molecular flexibility index (Phi) is 5.48. The Hall–Kier alpha value is -3.33. The van der Waals surface area contributed by atoms with Crippen LogP contribution in [-0.4, -0.2) is 5.78 Å². The zero-order valence-electron chi connectivity index (χ0n) is 15.8.